The minimum absolute atomic E-state index is 0.189. The van der Waals surface area contributed by atoms with Crippen molar-refractivity contribution in [2.24, 2.45) is 18.9 Å². The zero-order valence-electron chi connectivity index (χ0n) is 20.5. The Bertz CT molecular complexity index is 1640. The maximum atomic E-state index is 10.1. The first-order chi connectivity index (χ1) is 18.0. The van der Waals surface area contributed by atoms with Gasteiger partial charge in [0.1, 0.15) is 28.9 Å². The minimum Gasteiger partial charge on any atom is -0.457 e. The lowest BCUT2D eigenvalue weighted by molar-refractivity contribution is -0.0534. The van der Waals surface area contributed by atoms with Crippen LogP contribution in [0.4, 0.5) is 17.5 Å². The van der Waals surface area contributed by atoms with Gasteiger partial charge in [0.25, 0.3) is 0 Å². The van der Waals surface area contributed by atoms with E-state index in [0.29, 0.717) is 34.6 Å². The minimum atomic E-state index is -0.189. The summed E-state index contributed by atoms with van der Waals surface area (Å²) >= 11 is 0. The molecule has 3 aliphatic rings. The summed E-state index contributed by atoms with van der Waals surface area (Å²) in [5.74, 6) is 3.38. The average Bonchev–Trinajstić information content (AvgIpc) is 3.29. The third-order valence-corrected chi connectivity index (χ3v) is 7.49. The topological polar surface area (TPSA) is 114 Å². The fourth-order valence-electron chi connectivity index (χ4n) is 5.40. The normalized spacial score (nSPS) is 20.7. The summed E-state index contributed by atoms with van der Waals surface area (Å²) < 4.78 is 8.14. The number of imidazole rings is 1. The summed E-state index contributed by atoms with van der Waals surface area (Å²) in [5, 5.41) is 13.5. The number of aromatic nitrogens is 6. The highest BCUT2D eigenvalue weighted by Gasteiger charge is 2.46. The molecule has 2 atom stereocenters. The predicted octanol–water partition coefficient (Wildman–Crippen LogP) is 3.97. The quantitative estimate of drug-likeness (QED) is 0.375. The Kier molecular flexibility index (Phi) is 4.97. The van der Waals surface area contributed by atoms with E-state index in [-0.39, 0.29) is 6.10 Å². The van der Waals surface area contributed by atoms with Gasteiger partial charge in [0.15, 0.2) is 5.82 Å². The number of hydrogen-bond acceptors (Lipinski definition) is 9. The Balaban J connectivity index is 1.13. The first-order valence-electron chi connectivity index (χ1n) is 12.4. The van der Waals surface area contributed by atoms with Crippen molar-refractivity contribution in [2.45, 2.75) is 19.4 Å². The molecule has 10 heteroatoms. The number of nitrogens with zero attached hydrogens (tertiary/aromatic N) is 7. The van der Waals surface area contributed by atoms with Crippen LogP contribution in [0.5, 0.6) is 11.5 Å². The fourth-order valence-corrected chi connectivity index (χ4v) is 5.40. The summed E-state index contributed by atoms with van der Waals surface area (Å²) in [7, 11) is 1.97. The van der Waals surface area contributed by atoms with Gasteiger partial charge in [-0.2, -0.15) is 0 Å². The number of benzene rings is 2. The van der Waals surface area contributed by atoms with Crippen LogP contribution in [0.15, 0.2) is 55.2 Å². The van der Waals surface area contributed by atoms with Crippen LogP contribution < -0.4 is 15.0 Å². The van der Waals surface area contributed by atoms with Crippen LogP contribution >= 0.6 is 0 Å². The van der Waals surface area contributed by atoms with E-state index in [4.69, 9.17) is 9.72 Å². The number of hydrogen-bond donors (Lipinski definition) is 2. The lowest BCUT2D eigenvalue weighted by Gasteiger charge is -2.51. The van der Waals surface area contributed by atoms with Crippen LogP contribution in [0.2, 0.25) is 0 Å². The SMILES string of the molecule is Cc1cc(Nc2ncnc3cnc(N4CC5CC(C4)C5O)nc23)ccc1Oc1ccc2c(c1)ncn2C. The van der Waals surface area contributed by atoms with Crippen molar-refractivity contribution < 1.29 is 9.84 Å². The molecule has 8 rings (SSSR count). The van der Waals surface area contributed by atoms with E-state index in [2.05, 4.69) is 30.2 Å². The van der Waals surface area contributed by atoms with Crippen molar-refractivity contribution in [1.82, 2.24) is 29.5 Å². The molecule has 3 fully saturated rings. The summed E-state index contributed by atoms with van der Waals surface area (Å²) in [5.41, 5.74) is 5.13. The highest BCUT2D eigenvalue weighted by Crippen LogP contribution is 2.41. The van der Waals surface area contributed by atoms with Gasteiger partial charge in [-0.3, -0.25) is 0 Å². The summed E-state index contributed by atoms with van der Waals surface area (Å²) in [6, 6.07) is 11.8. The van der Waals surface area contributed by atoms with Crippen molar-refractivity contribution in [1.29, 1.82) is 0 Å². The summed E-state index contributed by atoms with van der Waals surface area (Å²) in [6.07, 6.45) is 5.94. The zero-order valence-corrected chi connectivity index (χ0v) is 20.5. The van der Waals surface area contributed by atoms with E-state index in [9.17, 15) is 5.11 Å². The molecule has 5 aromatic rings. The van der Waals surface area contributed by atoms with Crippen molar-refractivity contribution in [3.05, 3.63) is 60.8 Å². The maximum absolute atomic E-state index is 10.1. The van der Waals surface area contributed by atoms with Gasteiger partial charge in [0.2, 0.25) is 5.95 Å². The van der Waals surface area contributed by atoms with E-state index in [0.717, 1.165) is 53.3 Å². The van der Waals surface area contributed by atoms with Crippen molar-refractivity contribution in [3.63, 3.8) is 0 Å². The van der Waals surface area contributed by atoms with Crippen LogP contribution in [0.25, 0.3) is 22.1 Å². The molecule has 10 nitrogen and oxygen atoms in total. The van der Waals surface area contributed by atoms with Gasteiger partial charge in [-0.1, -0.05) is 0 Å². The van der Waals surface area contributed by atoms with Crippen molar-refractivity contribution >= 4 is 39.5 Å². The molecule has 186 valence electrons. The lowest BCUT2D eigenvalue weighted by Crippen LogP contribution is -2.58. The molecule has 2 saturated heterocycles. The molecule has 1 saturated carbocycles. The van der Waals surface area contributed by atoms with E-state index < -0.39 is 0 Å². The van der Waals surface area contributed by atoms with E-state index in [1.807, 2.05) is 54.9 Å². The first kappa shape index (κ1) is 21.9. The van der Waals surface area contributed by atoms with Gasteiger partial charge >= 0.3 is 0 Å². The second kappa shape index (κ2) is 8.38. The van der Waals surface area contributed by atoms with E-state index in [1.54, 1.807) is 12.5 Å². The molecule has 2 unspecified atom stereocenters. The average molecular weight is 495 g/mol. The molecule has 5 heterocycles. The largest absolute Gasteiger partial charge is 0.457 e. The van der Waals surface area contributed by atoms with Crippen molar-refractivity contribution in [2.75, 3.05) is 23.3 Å². The Hall–Kier alpha value is -4.31. The number of piperidine rings is 2. The fraction of sp³-hybridized carbons (Fsp3) is 0.296. The van der Waals surface area contributed by atoms with Crippen LogP contribution in [-0.4, -0.2) is 53.8 Å². The molecule has 0 amide bonds. The lowest BCUT2D eigenvalue weighted by atomic mass is 9.68. The zero-order chi connectivity index (χ0) is 25.1. The van der Waals surface area contributed by atoms with Crippen LogP contribution in [0.1, 0.15) is 12.0 Å². The second-order valence-corrected chi connectivity index (χ2v) is 9.99. The van der Waals surface area contributed by atoms with Gasteiger partial charge in [-0.25, -0.2) is 24.9 Å². The molecule has 0 radical (unpaired) electrons. The van der Waals surface area contributed by atoms with Crippen LogP contribution in [0, 0.1) is 18.8 Å². The molecule has 0 spiro atoms. The number of rotatable bonds is 5. The van der Waals surface area contributed by atoms with Gasteiger partial charge in [0.05, 0.1) is 29.7 Å². The van der Waals surface area contributed by atoms with Crippen LogP contribution in [-0.2, 0) is 7.05 Å². The number of anilines is 3. The molecule has 37 heavy (non-hydrogen) atoms. The summed E-state index contributed by atoms with van der Waals surface area (Å²) in [4.78, 5) is 24.7. The first-order valence-corrected chi connectivity index (χ1v) is 12.4. The Morgan fingerprint density at radius 1 is 1.00 bits per heavy atom. The maximum Gasteiger partial charge on any atom is 0.226 e. The van der Waals surface area contributed by atoms with Crippen LogP contribution in [0.3, 0.4) is 0 Å². The molecule has 2 bridgehead atoms. The van der Waals surface area contributed by atoms with E-state index >= 15 is 0 Å². The highest BCUT2D eigenvalue weighted by atomic mass is 16.5. The molecule has 2 N–H and O–H groups in total. The molecular formula is C27H26N8O2. The number of ether oxygens (including phenoxy) is 1. The predicted molar refractivity (Wildman–Crippen MR) is 140 cm³/mol. The highest BCUT2D eigenvalue weighted by molar-refractivity contribution is 5.87. The molecule has 3 aromatic heterocycles. The number of nitrogens with one attached hydrogen (secondary N) is 1. The van der Waals surface area contributed by atoms with Gasteiger partial charge in [-0.15, -0.1) is 0 Å². The Morgan fingerprint density at radius 2 is 1.86 bits per heavy atom. The number of aliphatic hydroxyl groups excluding tert-OH is 1. The molecule has 2 aromatic carbocycles. The smallest absolute Gasteiger partial charge is 0.226 e. The molecule has 2 aliphatic heterocycles. The second-order valence-electron chi connectivity index (χ2n) is 9.99. The Morgan fingerprint density at radius 3 is 2.68 bits per heavy atom. The number of aryl methyl sites for hydroxylation is 2. The third kappa shape index (κ3) is 3.80. The van der Waals surface area contributed by atoms with Gasteiger partial charge in [-0.05, 0) is 49.2 Å². The summed E-state index contributed by atoms with van der Waals surface area (Å²) in [6.45, 7) is 3.55. The standard InChI is InChI=1S/C27H26N8O2/c1-15-7-18(3-6-23(15)37-19-4-5-22-20(9-19)31-14-34(22)2)32-26-24-21(29-13-30-26)10-28-27(33-24)35-11-16-8-17(12-35)25(16)36/h3-7,9-10,13-14,16-17,25,36H,8,11-12H2,1-2H3,(H,29,30,32). The number of fused-ring (bicyclic) bond motifs is 4. The molecule has 1 aliphatic carbocycles. The molecular weight excluding hydrogens is 468 g/mol. The monoisotopic (exact) mass is 494 g/mol. The Labute approximate surface area is 213 Å². The van der Waals surface area contributed by atoms with Gasteiger partial charge in [0, 0.05) is 43.7 Å². The third-order valence-electron chi connectivity index (χ3n) is 7.49. The van der Waals surface area contributed by atoms with Crippen molar-refractivity contribution in [3.8, 4) is 11.5 Å². The number of aliphatic hydroxyl groups is 1. The van der Waals surface area contributed by atoms with Gasteiger partial charge < -0.3 is 24.6 Å². The van der Waals surface area contributed by atoms with E-state index in [1.165, 1.54) is 6.33 Å².